The van der Waals surface area contributed by atoms with Crippen LogP contribution in [-0.2, 0) is 4.79 Å². The van der Waals surface area contributed by atoms with Crippen molar-refractivity contribution in [1.29, 1.82) is 0 Å². The van der Waals surface area contributed by atoms with E-state index in [-0.39, 0.29) is 6.42 Å². The van der Waals surface area contributed by atoms with E-state index in [1.807, 2.05) is 0 Å². The molecule has 0 aromatic carbocycles. The minimum Gasteiger partial charge on any atom is -0.481 e. The minimum atomic E-state index is -1.07. The lowest BCUT2D eigenvalue weighted by molar-refractivity contribution is -0.146. The van der Waals surface area contributed by atoms with Gasteiger partial charge in [-0.05, 0) is 6.42 Å². The van der Waals surface area contributed by atoms with Crippen molar-refractivity contribution < 1.29 is 20.1 Å². The Morgan fingerprint density at radius 2 is 2.00 bits per heavy atom. The predicted octanol–water partition coefficient (Wildman–Crippen LogP) is -0.631. The van der Waals surface area contributed by atoms with Gasteiger partial charge in [0.2, 0.25) is 0 Å². The molecule has 1 aliphatic rings. The minimum absolute atomic E-state index is 0.0903. The maximum atomic E-state index is 10.4. The third-order valence-electron chi connectivity index (χ3n) is 1.76. The average Bonchev–Trinajstić information content (AvgIpc) is 1.94. The SMILES string of the molecule is O=C(O)C1CC(O)C=CC1O. The zero-order valence-electron chi connectivity index (χ0n) is 5.84. The second kappa shape index (κ2) is 3.02. The largest absolute Gasteiger partial charge is 0.481 e. The molecular formula is C7H10O4. The highest BCUT2D eigenvalue weighted by molar-refractivity contribution is 5.71. The molecule has 4 nitrogen and oxygen atoms in total. The van der Waals surface area contributed by atoms with Gasteiger partial charge in [0.1, 0.15) is 0 Å². The Bertz CT molecular complexity index is 187. The first-order chi connectivity index (χ1) is 5.11. The topological polar surface area (TPSA) is 77.8 Å². The Balaban J connectivity index is 2.68. The number of aliphatic hydroxyl groups excluding tert-OH is 2. The van der Waals surface area contributed by atoms with Crippen LogP contribution in [0, 0.1) is 5.92 Å². The van der Waals surface area contributed by atoms with Crippen LogP contribution in [0.3, 0.4) is 0 Å². The van der Waals surface area contributed by atoms with E-state index >= 15 is 0 Å². The van der Waals surface area contributed by atoms with Gasteiger partial charge >= 0.3 is 5.97 Å². The van der Waals surface area contributed by atoms with Gasteiger partial charge in [-0.1, -0.05) is 12.2 Å². The lowest BCUT2D eigenvalue weighted by Gasteiger charge is -2.22. The highest BCUT2D eigenvalue weighted by Crippen LogP contribution is 2.19. The Kier molecular flexibility index (Phi) is 2.26. The first kappa shape index (κ1) is 8.23. The molecule has 0 heterocycles. The van der Waals surface area contributed by atoms with Gasteiger partial charge in [-0.3, -0.25) is 4.79 Å². The van der Waals surface area contributed by atoms with E-state index in [4.69, 9.17) is 15.3 Å². The van der Waals surface area contributed by atoms with Crippen molar-refractivity contribution in [2.75, 3.05) is 0 Å². The van der Waals surface area contributed by atoms with Crippen molar-refractivity contribution in [2.45, 2.75) is 18.6 Å². The molecule has 0 aromatic heterocycles. The summed E-state index contributed by atoms with van der Waals surface area (Å²) in [4.78, 5) is 10.4. The fourth-order valence-electron chi connectivity index (χ4n) is 1.10. The van der Waals surface area contributed by atoms with Crippen molar-refractivity contribution in [1.82, 2.24) is 0 Å². The van der Waals surface area contributed by atoms with Gasteiger partial charge < -0.3 is 15.3 Å². The van der Waals surface area contributed by atoms with Crippen molar-refractivity contribution in [3.63, 3.8) is 0 Å². The first-order valence-corrected chi connectivity index (χ1v) is 3.38. The lowest BCUT2D eigenvalue weighted by atomic mass is 9.90. The van der Waals surface area contributed by atoms with E-state index in [2.05, 4.69) is 0 Å². The van der Waals surface area contributed by atoms with Gasteiger partial charge in [0.25, 0.3) is 0 Å². The maximum Gasteiger partial charge on any atom is 0.309 e. The normalized spacial score (nSPS) is 37.1. The molecule has 3 N–H and O–H groups in total. The Labute approximate surface area is 63.8 Å². The highest BCUT2D eigenvalue weighted by atomic mass is 16.4. The van der Waals surface area contributed by atoms with Crippen LogP contribution in [0.2, 0.25) is 0 Å². The molecule has 0 saturated heterocycles. The van der Waals surface area contributed by atoms with E-state index in [0.717, 1.165) is 0 Å². The van der Waals surface area contributed by atoms with Gasteiger partial charge in [0.15, 0.2) is 0 Å². The Morgan fingerprint density at radius 1 is 1.36 bits per heavy atom. The molecule has 0 bridgehead atoms. The van der Waals surface area contributed by atoms with Crippen molar-refractivity contribution >= 4 is 5.97 Å². The summed E-state index contributed by atoms with van der Waals surface area (Å²) in [5, 5.41) is 26.6. The van der Waals surface area contributed by atoms with Crippen molar-refractivity contribution in [3.05, 3.63) is 12.2 Å². The summed E-state index contributed by atoms with van der Waals surface area (Å²) in [7, 11) is 0. The number of aliphatic hydroxyl groups is 2. The molecule has 0 radical (unpaired) electrons. The van der Waals surface area contributed by atoms with Crippen molar-refractivity contribution in [2.24, 2.45) is 5.92 Å². The number of hydrogen-bond acceptors (Lipinski definition) is 3. The molecule has 0 fully saturated rings. The van der Waals surface area contributed by atoms with Crippen LogP contribution in [0.15, 0.2) is 12.2 Å². The fraction of sp³-hybridized carbons (Fsp3) is 0.571. The number of aliphatic carboxylic acids is 1. The van der Waals surface area contributed by atoms with E-state index < -0.39 is 24.1 Å². The zero-order valence-corrected chi connectivity index (χ0v) is 5.84. The van der Waals surface area contributed by atoms with Gasteiger partial charge in [0, 0.05) is 0 Å². The van der Waals surface area contributed by atoms with Crippen LogP contribution in [0.5, 0.6) is 0 Å². The summed E-state index contributed by atoms with van der Waals surface area (Å²) in [6.07, 6.45) is 1.11. The Hall–Kier alpha value is -0.870. The van der Waals surface area contributed by atoms with E-state index in [1.165, 1.54) is 12.2 Å². The molecule has 4 heteroatoms. The average molecular weight is 158 g/mol. The zero-order chi connectivity index (χ0) is 8.43. The molecule has 3 atom stereocenters. The second-order valence-electron chi connectivity index (χ2n) is 2.62. The van der Waals surface area contributed by atoms with Crippen LogP contribution < -0.4 is 0 Å². The van der Waals surface area contributed by atoms with Gasteiger partial charge in [-0.25, -0.2) is 0 Å². The molecule has 0 saturated carbocycles. The summed E-state index contributed by atoms with van der Waals surface area (Å²) in [5.41, 5.74) is 0. The van der Waals surface area contributed by atoms with E-state index in [0.29, 0.717) is 0 Å². The summed E-state index contributed by atoms with van der Waals surface area (Å²) in [6, 6.07) is 0. The fourth-order valence-corrected chi connectivity index (χ4v) is 1.10. The van der Waals surface area contributed by atoms with Gasteiger partial charge in [0.05, 0.1) is 18.1 Å². The van der Waals surface area contributed by atoms with Crippen molar-refractivity contribution in [3.8, 4) is 0 Å². The van der Waals surface area contributed by atoms with E-state index in [1.54, 1.807) is 0 Å². The molecule has 11 heavy (non-hydrogen) atoms. The highest BCUT2D eigenvalue weighted by Gasteiger charge is 2.29. The monoisotopic (exact) mass is 158 g/mol. The van der Waals surface area contributed by atoms with E-state index in [9.17, 15) is 4.79 Å². The van der Waals surface area contributed by atoms with Crippen LogP contribution in [0.4, 0.5) is 0 Å². The predicted molar refractivity (Wildman–Crippen MR) is 36.9 cm³/mol. The number of carboxylic acid groups (broad SMARTS) is 1. The number of carboxylic acids is 1. The molecule has 0 spiro atoms. The van der Waals surface area contributed by atoms with Gasteiger partial charge in [-0.15, -0.1) is 0 Å². The third kappa shape index (κ3) is 1.78. The number of carbonyl (C=O) groups is 1. The molecule has 0 amide bonds. The second-order valence-corrected chi connectivity index (χ2v) is 2.62. The lowest BCUT2D eigenvalue weighted by Crippen LogP contribution is -2.33. The van der Waals surface area contributed by atoms with Gasteiger partial charge in [-0.2, -0.15) is 0 Å². The molecule has 1 rings (SSSR count). The summed E-state index contributed by atoms with van der Waals surface area (Å²) >= 11 is 0. The third-order valence-corrected chi connectivity index (χ3v) is 1.76. The molecule has 0 aliphatic heterocycles. The number of hydrogen-bond donors (Lipinski definition) is 3. The number of rotatable bonds is 1. The van der Waals surface area contributed by atoms with Crippen LogP contribution in [0.1, 0.15) is 6.42 Å². The molecule has 0 aromatic rings. The summed E-state index contributed by atoms with van der Waals surface area (Å²) < 4.78 is 0. The molecule has 1 aliphatic carbocycles. The molecule has 62 valence electrons. The molecular weight excluding hydrogens is 148 g/mol. The quantitative estimate of drug-likeness (QED) is 0.444. The standard InChI is InChI=1S/C7H10O4/c8-4-1-2-6(9)5(3-4)7(10)11/h1-2,4-6,8-9H,3H2,(H,10,11). The molecule has 3 unspecified atom stereocenters. The smallest absolute Gasteiger partial charge is 0.309 e. The van der Waals surface area contributed by atoms with Crippen LogP contribution >= 0.6 is 0 Å². The maximum absolute atomic E-state index is 10.4. The Morgan fingerprint density at radius 3 is 2.45 bits per heavy atom. The summed E-state index contributed by atoms with van der Waals surface area (Å²) in [5.74, 6) is -1.93. The van der Waals surface area contributed by atoms with Crippen LogP contribution in [-0.4, -0.2) is 33.5 Å². The summed E-state index contributed by atoms with van der Waals surface area (Å²) in [6.45, 7) is 0. The first-order valence-electron chi connectivity index (χ1n) is 3.38. The van der Waals surface area contributed by atoms with Crippen LogP contribution in [0.25, 0.3) is 0 Å².